The Hall–Kier alpha value is -1.22. The number of nitrogens with zero attached hydrogens (tertiary/aromatic N) is 1. The van der Waals surface area contributed by atoms with E-state index in [-0.39, 0.29) is 0 Å². The van der Waals surface area contributed by atoms with Gasteiger partial charge in [-0.15, -0.1) is 0 Å². The molecule has 0 saturated carbocycles. The molecule has 0 amide bonds. The van der Waals surface area contributed by atoms with Crippen molar-refractivity contribution in [2.45, 2.75) is 6.42 Å². The molecule has 0 atom stereocenters. The van der Waals surface area contributed by atoms with Gasteiger partial charge in [0, 0.05) is 18.0 Å². The summed E-state index contributed by atoms with van der Waals surface area (Å²) >= 11 is 1.46. The van der Waals surface area contributed by atoms with Gasteiger partial charge in [0.2, 0.25) is 0 Å². The van der Waals surface area contributed by atoms with Gasteiger partial charge in [-0.2, -0.15) is 4.37 Å². The molecule has 0 radical (unpaired) electrons. The van der Waals surface area contributed by atoms with E-state index in [9.17, 15) is 4.79 Å². The molecule has 1 aromatic carbocycles. The number of carbonyl (C=O) groups is 1. The van der Waals surface area contributed by atoms with Crippen molar-refractivity contribution in [1.29, 1.82) is 0 Å². The van der Waals surface area contributed by atoms with Gasteiger partial charge >= 0.3 is 0 Å². The Morgan fingerprint density at radius 1 is 1.50 bits per heavy atom. The third-order valence-corrected chi connectivity index (χ3v) is 2.56. The summed E-state index contributed by atoms with van der Waals surface area (Å²) in [5.74, 6) is 0. The van der Waals surface area contributed by atoms with E-state index < -0.39 is 0 Å². The van der Waals surface area contributed by atoms with Crippen LogP contribution in [0.1, 0.15) is 5.56 Å². The van der Waals surface area contributed by atoms with E-state index in [1.54, 1.807) is 0 Å². The molecule has 2 aromatic rings. The topological polar surface area (TPSA) is 30.0 Å². The van der Waals surface area contributed by atoms with Crippen LogP contribution in [0, 0.1) is 0 Å². The number of rotatable bonds is 2. The molecule has 0 spiro atoms. The molecule has 60 valence electrons. The fraction of sp³-hybridized carbons (Fsp3) is 0.111. The van der Waals surface area contributed by atoms with Gasteiger partial charge in [-0.05, 0) is 23.2 Å². The van der Waals surface area contributed by atoms with E-state index in [1.165, 1.54) is 11.5 Å². The maximum Gasteiger partial charge on any atom is 0.124 e. The molecule has 0 aliphatic heterocycles. The Bertz CT molecular complexity index is 408. The number of fused-ring (bicyclic) bond motifs is 1. The van der Waals surface area contributed by atoms with Crippen LogP contribution < -0.4 is 0 Å². The van der Waals surface area contributed by atoms with Crippen molar-refractivity contribution < 1.29 is 4.79 Å². The molecule has 1 aromatic heterocycles. The molecule has 0 fully saturated rings. The summed E-state index contributed by atoms with van der Waals surface area (Å²) in [5.41, 5.74) is 1.07. The molecule has 2 nitrogen and oxygen atoms in total. The van der Waals surface area contributed by atoms with Crippen LogP contribution in [-0.2, 0) is 11.2 Å². The predicted molar refractivity (Wildman–Crippen MR) is 49.4 cm³/mol. The Morgan fingerprint density at radius 2 is 2.42 bits per heavy atom. The molecule has 0 aliphatic rings. The molecule has 1 heterocycles. The van der Waals surface area contributed by atoms with Crippen molar-refractivity contribution in [3.05, 3.63) is 30.0 Å². The maximum atomic E-state index is 10.3. The molecular weight excluding hydrogens is 170 g/mol. The van der Waals surface area contributed by atoms with Crippen LogP contribution in [0.5, 0.6) is 0 Å². The van der Waals surface area contributed by atoms with E-state index in [1.807, 2.05) is 24.4 Å². The van der Waals surface area contributed by atoms with Crippen molar-refractivity contribution in [2.75, 3.05) is 0 Å². The number of aldehydes is 1. The number of aromatic nitrogens is 1. The maximum absolute atomic E-state index is 10.3. The Balaban J connectivity index is 2.65. The zero-order valence-corrected chi connectivity index (χ0v) is 7.17. The van der Waals surface area contributed by atoms with Crippen molar-refractivity contribution >= 4 is 27.9 Å². The molecule has 2 rings (SSSR count). The highest BCUT2D eigenvalue weighted by molar-refractivity contribution is 7.13. The second-order valence-corrected chi connectivity index (χ2v) is 3.36. The van der Waals surface area contributed by atoms with E-state index in [0.29, 0.717) is 6.42 Å². The SMILES string of the molecule is O=CCc1cccc2sncc12. The molecule has 0 bridgehead atoms. The standard InChI is InChI=1S/C9H7NOS/c11-5-4-7-2-1-3-9-8(7)6-10-12-9/h1-3,5-6H,4H2. The Kier molecular flexibility index (Phi) is 1.87. The summed E-state index contributed by atoms with van der Waals surface area (Å²) in [7, 11) is 0. The van der Waals surface area contributed by atoms with Gasteiger partial charge in [0.1, 0.15) is 6.29 Å². The van der Waals surface area contributed by atoms with E-state index in [4.69, 9.17) is 0 Å². The first-order valence-electron chi connectivity index (χ1n) is 3.68. The molecule has 0 saturated heterocycles. The molecular formula is C9H7NOS. The smallest absolute Gasteiger partial charge is 0.124 e. The number of hydrogen-bond donors (Lipinski definition) is 0. The predicted octanol–water partition coefficient (Wildman–Crippen LogP) is 2.04. The molecule has 0 N–H and O–H groups in total. The van der Waals surface area contributed by atoms with Gasteiger partial charge < -0.3 is 4.79 Å². The largest absolute Gasteiger partial charge is 0.303 e. The van der Waals surface area contributed by atoms with Gasteiger partial charge in [-0.25, -0.2) is 0 Å². The zero-order chi connectivity index (χ0) is 8.39. The lowest BCUT2D eigenvalue weighted by molar-refractivity contribution is -0.107. The fourth-order valence-corrected chi connectivity index (χ4v) is 1.91. The zero-order valence-electron chi connectivity index (χ0n) is 6.36. The summed E-state index contributed by atoms with van der Waals surface area (Å²) in [6.07, 6.45) is 3.22. The molecule has 0 unspecified atom stereocenters. The Morgan fingerprint density at radius 3 is 3.25 bits per heavy atom. The fourth-order valence-electron chi connectivity index (χ4n) is 1.22. The van der Waals surface area contributed by atoms with Gasteiger partial charge in [0.15, 0.2) is 0 Å². The average molecular weight is 177 g/mol. The van der Waals surface area contributed by atoms with Gasteiger partial charge in [0.05, 0.1) is 4.70 Å². The lowest BCUT2D eigenvalue weighted by Crippen LogP contribution is -1.84. The number of carbonyl (C=O) groups excluding carboxylic acids is 1. The van der Waals surface area contributed by atoms with Crippen LogP contribution in [0.2, 0.25) is 0 Å². The summed E-state index contributed by atoms with van der Waals surface area (Å²) in [4.78, 5) is 10.3. The highest BCUT2D eigenvalue weighted by Gasteiger charge is 2.00. The van der Waals surface area contributed by atoms with Crippen molar-refractivity contribution in [3.63, 3.8) is 0 Å². The monoisotopic (exact) mass is 177 g/mol. The normalized spacial score (nSPS) is 10.3. The summed E-state index contributed by atoms with van der Waals surface area (Å²) in [5, 5.41) is 1.11. The van der Waals surface area contributed by atoms with Crippen molar-refractivity contribution in [2.24, 2.45) is 0 Å². The van der Waals surface area contributed by atoms with Crippen LogP contribution >= 0.6 is 11.5 Å². The van der Waals surface area contributed by atoms with Crippen LogP contribution in [0.25, 0.3) is 10.1 Å². The van der Waals surface area contributed by atoms with Crippen LogP contribution in [0.4, 0.5) is 0 Å². The highest BCUT2D eigenvalue weighted by atomic mass is 32.1. The van der Waals surface area contributed by atoms with Gasteiger partial charge in [-0.1, -0.05) is 12.1 Å². The van der Waals surface area contributed by atoms with Crippen LogP contribution in [0.3, 0.4) is 0 Å². The van der Waals surface area contributed by atoms with Gasteiger partial charge in [0.25, 0.3) is 0 Å². The van der Waals surface area contributed by atoms with Crippen LogP contribution in [0.15, 0.2) is 24.4 Å². The average Bonchev–Trinajstić information content (AvgIpc) is 2.53. The summed E-state index contributed by atoms with van der Waals surface area (Å²) in [6.45, 7) is 0. The van der Waals surface area contributed by atoms with E-state index >= 15 is 0 Å². The minimum Gasteiger partial charge on any atom is -0.303 e. The molecule has 3 heteroatoms. The first-order valence-corrected chi connectivity index (χ1v) is 4.45. The minimum atomic E-state index is 0.482. The third-order valence-electron chi connectivity index (χ3n) is 1.79. The van der Waals surface area contributed by atoms with Crippen LogP contribution in [-0.4, -0.2) is 10.7 Å². The lowest BCUT2D eigenvalue weighted by Gasteiger charge is -1.94. The molecule has 0 aliphatic carbocycles. The summed E-state index contributed by atoms with van der Waals surface area (Å²) in [6, 6.07) is 5.94. The second kappa shape index (κ2) is 3.03. The van der Waals surface area contributed by atoms with Crippen molar-refractivity contribution in [3.8, 4) is 0 Å². The quantitative estimate of drug-likeness (QED) is 0.657. The third kappa shape index (κ3) is 1.12. The first-order chi connectivity index (χ1) is 5.92. The van der Waals surface area contributed by atoms with Gasteiger partial charge in [-0.3, -0.25) is 0 Å². The first kappa shape index (κ1) is 7.43. The number of hydrogen-bond acceptors (Lipinski definition) is 3. The van der Waals surface area contributed by atoms with E-state index in [2.05, 4.69) is 4.37 Å². The van der Waals surface area contributed by atoms with E-state index in [0.717, 1.165) is 21.9 Å². The minimum absolute atomic E-state index is 0.482. The van der Waals surface area contributed by atoms with Crippen molar-refractivity contribution in [1.82, 2.24) is 4.37 Å². The second-order valence-electron chi connectivity index (χ2n) is 2.53. The number of benzene rings is 1. The molecule has 12 heavy (non-hydrogen) atoms. The highest BCUT2D eigenvalue weighted by Crippen LogP contribution is 2.21. The Labute approximate surface area is 74.0 Å². The lowest BCUT2D eigenvalue weighted by atomic mass is 10.1. The summed E-state index contributed by atoms with van der Waals surface area (Å²) < 4.78 is 5.22.